The molecule has 3 nitrogen and oxygen atoms in total. The van der Waals surface area contributed by atoms with Crippen LogP contribution in [-0.2, 0) is 0 Å². The maximum atomic E-state index is 8.55. The maximum absolute atomic E-state index is 8.55. The lowest BCUT2D eigenvalue weighted by atomic mass is 10.0. The SMILES string of the molecule is N#CC1CCCCN1C#N. The van der Waals surface area contributed by atoms with Gasteiger partial charge in [-0.15, -0.1) is 0 Å². The summed E-state index contributed by atoms with van der Waals surface area (Å²) in [5.74, 6) is 0. The van der Waals surface area contributed by atoms with Gasteiger partial charge in [0.2, 0.25) is 0 Å². The molecule has 0 radical (unpaired) electrons. The van der Waals surface area contributed by atoms with E-state index in [9.17, 15) is 0 Å². The van der Waals surface area contributed by atoms with E-state index >= 15 is 0 Å². The number of piperidine rings is 1. The number of hydrogen-bond acceptors (Lipinski definition) is 3. The van der Waals surface area contributed by atoms with Gasteiger partial charge in [0.05, 0.1) is 6.07 Å². The average molecular weight is 135 g/mol. The Labute approximate surface area is 60.5 Å². The van der Waals surface area contributed by atoms with E-state index in [1.807, 2.05) is 6.19 Å². The molecule has 52 valence electrons. The van der Waals surface area contributed by atoms with Crippen LogP contribution in [0.4, 0.5) is 0 Å². The second-order valence-electron chi connectivity index (χ2n) is 2.43. The predicted octanol–water partition coefficient (Wildman–Crippen LogP) is 0.846. The second kappa shape index (κ2) is 3.08. The molecule has 1 atom stereocenters. The summed E-state index contributed by atoms with van der Waals surface area (Å²) in [7, 11) is 0. The molecule has 0 aromatic carbocycles. The highest BCUT2D eigenvalue weighted by atomic mass is 15.1. The number of nitriles is 2. The molecule has 1 unspecified atom stereocenters. The third-order valence-electron chi connectivity index (χ3n) is 1.78. The van der Waals surface area contributed by atoms with Crippen molar-refractivity contribution < 1.29 is 0 Å². The molecule has 10 heavy (non-hydrogen) atoms. The van der Waals surface area contributed by atoms with Crippen molar-refractivity contribution in [2.45, 2.75) is 25.3 Å². The summed E-state index contributed by atoms with van der Waals surface area (Å²) >= 11 is 0. The Morgan fingerprint density at radius 1 is 1.30 bits per heavy atom. The minimum Gasteiger partial charge on any atom is -0.294 e. The van der Waals surface area contributed by atoms with Crippen LogP contribution in [0.5, 0.6) is 0 Å². The zero-order valence-corrected chi connectivity index (χ0v) is 5.75. The third kappa shape index (κ3) is 1.19. The molecule has 0 aliphatic carbocycles. The summed E-state index contributed by atoms with van der Waals surface area (Å²) in [6.45, 7) is 0.759. The zero-order chi connectivity index (χ0) is 7.40. The van der Waals surface area contributed by atoms with Gasteiger partial charge in [-0.2, -0.15) is 10.5 Å². The Morgan fingerprint density at radius 3 is 2.60 bits per heavy atom. The molecule has 1 fully saturated rings. The number of hydrogen-bond donors (Lipinski definition) is 0. The summed E-state index contributed by atoms with van der Waals surface area (Å²) < 4.78 is 0. The van der Waals surface area contributed by atoms with E-state index in [1.54, 1.807) is 4.90 Å². The van der Waals surface area contributed by atoms with E-state index in [1.165, 1.54) is 0 Å². The highest BCUT2D eigenvalue weighted by molar-refractivity contribution is 4.98. The fraction of sp³-hybridized carbons (Fsp3) is 0.714. The first kappa shape index (κ1) is 6.89. The molecule has 3 heteroatoms. The van der Waals surface area contributed by atoms with E-state index in [-0.39, 0.29) is 6.04 Å². The quantitative estimate of drug-likeness (QED) is 0.462. The van der Waals surface area contributed by atoms with E-state index in [0.717, 1.165) is 25.8 Å². The Kier molecular flexibility index (Phi) is 2.12. The molecule has 0 aromatic heterocycles. The van der Waals surface area contributed by atoms with Crippen molar-refractivity contribution in [2.24, 2.45) is 0 Å². The van der Waals surface area contributed by atoms with Crippen LogP contribution in [0.2, 0.25) is 0 Å². The van der Waals surface area contributed by atoms with Crippen LogP contribution >= 0.6 is 0 Å². The van der Waals surface area contributed by atoms with Crippen molar-refractivity contribution in [1.82, 2.24) is 4.90 Å². The van der Waals surface area contributed by atoms with Crippen LogP contribution in [-0.4, -0.2) is 17.5 Å². The number of rotatable bonds is 0. The molecule has 1 rings (SSSR count). The largest absolute Gasteiger partial charge is 0.294 e. The lowest BCUT2D eigenvalue weighted by Crippen LogP contribution is -2.34. The van der Waals surface area contributed by atoms with Crippen molar-refractivity contribution in [1.29, 1.82) is 10.5 Å². The Bertz CT molecular complexity index is 164. The minimum absolute atomic E-state index is 0.154. The van der Waals surface area contributed by atoms with Gasteiger partial charge in [0.15, 0.2) is 6.19 Å². The standard InChI is InChI=1S/C7H9N3/c8-5-7-3-1-2-4-10(7)6-9/h7H,1-4H2. The first-order valence-corrected chi connectivity index (χ1v) is 3.44. The summed E-state index contributed by atoms with van der Waals surface area (Å²) in [6, 6.07) is 1.95. The monoisotopic (exact) mass is 135 g/mol. The molecule has 1 aliphatic heterocycles. The van der Waals surface area contributed by atoms with Gasteiger partial charge in [0, 0.05) is 6.54 Å². The van der Waals surface area contributed by atoms with Crippen LogP contribution in [0.3, 0.4) is 0 Å². The van der Waals surface area contributed by atoms with Gasteiger partial charge < -0.3 is 0 Å². The molecule has 1 saturated heterocycles. The predicted molar refractivity (Wildman–Crippen MR) is 35.6 cm³/mol. The molecular weight excluding hydrogens is 126 g/mol. The number of likely N-dealkylation sites (tertiary alicyclic amines) is 1. The highest BCUT2D eigenvalue weighted by Crippen LogP contribution is 2.14. The molecule has 1 heterocycles. The summed E-state index contributed by atoms with van der Waals surface area (Å²) in [5, 5.41) is 17.1. The summed E-state index contributed by atoms with van der Waals surface area (Å²) in [4.78, 5) is 1.56. The smallest absolute Gasteiger partial charge is 0.180 e. The van der Waals surface area contributed by atoms with Crippen molar-refractivity contribution in [3.63, 3.8) is 0 Å². The molecule has 0 bridgehead atoms. The minimum atomic E-state index is -0.154. The number of nitrogens with zero attached hydrogens (tertiary/aromatic N) is 3. The second-order valence-corrected chi connectivity index (χ2v) is 2.43. The van der Waals surface area contributed by atoms with Crippen molar-refractivity contribution in [2.75, 3.05) is 6.54 Å². The fourth-order valence-corrected chi connectivity index (χ4v) is 1.19. The normalized spacial score (nSPS) is 25.0. The van der Waals surface area contributed by atoms with Gasteiger partial charge in [0.25, 0.3) is 0 Å². The average Bonchev–Trinajstić information content (AvgIpc) is 2.04. The Balaban J connectivity index is 2.54. The van der Waals surface area contributed by atoms with Crippen LogP contribution in [0.1, 0.15) is 19.3 Å². The van der Waals surface area contributed by atoms with Gasteiger partial charge in [-0.1, -0.05) is 0 Å². The molecule has 0 spiro atoms. The van der Waals surface area contributed by atoms with E-state index in [4.69, 9.17) is 10.5 Å². The first-order chi connectivity index (χ1) is 4.88. The molecular formula is C7H9N3. The summed E-state index contributed by atoms with van der Waals surface area (Å²) in [6.07, 6.45) is 4.99. The Hall–Kier alpha value is -1.22. The lowest BCUT2D eigenvalue weighted by Gasteiger charge is -2.25. The third-order valence-corrected chi connectivity index (χ3v) is 1.78. The van der Waals surface area contributed by atoms with Crippen LogP contribution in [0, 0.1) is 22.8 Å². The van der Waals surface area contributed by atoms with E-state index in [0.29, 0.717) is 0 Å². The fourth-order valence-electron chi connectivity index (χ4n) is 1.19. The van der Waals surface area contributed by atoms with Gasteiger partial charge in [0.1, 0.15) is 6.04 Å². The molecule has 0 amide bonds. The molecule has 0 N–H and O–H groups in total. The Morgan fingerprint density at radius 2 is 2.10 bits per heavy atom. The van der Waals surface area contributed by atoms with Crippen molar-refractivity contribution in [3.05, 3.63) is 0 Å². The van der Waals surface area contributed by atoms with Gasteiger partial charge in [-0.05, 0) is 19.3 Å². The molecule has 1 aliphatic rings. The van der Waals surface area contributed by atoms with Crippen molar-refractivity contribution >= 4 is 0 Å². The van der Waals surface area contributed by atoms with Crippen molar-refractivity contribution in [3.8, 4) is 12.3 Å². The highest BCUT2D eigenvalue weighted by Gasteiger charge is 2.19. The van der Waals surface area contributed by atoms with Gasteiger partial charge in [-0.3, -0.25) is 4.90 Å². The maximum Gasteiger partial charge on any atom is 0.180 e. The first-order valence-electron chi connectivity index (χ1n) is 3.44. The zero-order valence-electron chi connectivity index (χ0n) is 5.75. The molecule has 0 saturated carbocycles. The van der Waals surface area contributed by atoms with Gasteiger partial charge >= 0.3 is 0 Å². The van der Waals surface area contributed by atoms with Crippen LogP contribution < -0.4 is 0 Å². The topological polar surface area (TPSA) is 50.8 Å². The van der Waals surface area contributed by atoms with Gasteiger partial charge in [-0.25, -0.2) is 0 Å². The van der Waals surface area contributed by atoms with Crippen LogP contribution in [0.25, 0.3) is 0 Å². The van der Waals surface area contributed by atoms with E-state index < -0.39 is 0 Å². The lowest BCUT2D eigenvalue weighted by molar-refractivity contribution is 0.269. The molecule has 0 aromatic rings. The van der Waals surface area contributed by atoms with E-state index in [2.05, 4.69) is 6.07 Å². The summed E-state index contributed by atoms with van der Waals surface area (Å²) in [5.41, 5.74) is 0. The van der Waals surface area contributed by atoms with Crippen LogP contribution in [0.15, 0.2) is 0 Å².